The first-order valence-corrected chi connectivity index (χ1v) is 11.7. The molecule has 0 bridgehead atoms. The van der Waals surface area contributed by atoms with E-state index in [1.807, 2.05) is 30.3 Å². The van der Waals surface area contributed by atoms with E-state index in [1.54, 1.807) is 7.11 Å². The Morgan fingerprint density at radius 2 is 1.91 bits per heavy atom. The van der Waals surface area contributed by atoms with Crippen LogP contribution in [0.25, 0.3) is 17.1 Å². The second-order valence-corrected chi connectivity index (χ2v) is 8.50. The molecule has 0 amide bonds. The van der Waals surface area contributed by atoms with Crippen LogP contribution in [0, 0.1) is 6.92 Å². The lowest BCUT2D eigenvalue weighted by Crippen LogP contribution is -2.37. The smallest absolute Gasteiger partial charge is 0.237 e. The van der Waals surface area contributed by atoms with Crippen LogP contribution < -0.4 is 9.64 Å². The van der Waals surface area contributed by atoms with Crippen LogP contribution in [-0.4, -0.2) is 58.3 Å². The maximum atomic E-state index is 5.51. The van der Waals surface area contributed by atoms with Crippen molar-refractivity contribution in [3.05, 3.63) is 60.0 Å². The zero-order valence-corrected chi connectivity index (χ0v) is 19.3. The molecule has 33 heavy (non-hydrogen) atoms. The fraction of sp³-hybridized carbons (Fsp3) is 0.304. The summed E-state index contributed by atoms with van der Waals surface area (Å²) in [6.07, 6.45) is 0. The lowest BCUT2D eigenvalue weighted by atomic mass is 10.2. The van der Waals surface area contributed by atoms with Crippen molar-refractivity contribution in [3.63, 3.8) is 0 Å². The average molecular weight is 465 g/mol. The average Bonchev–Trinajstić information content (AvgIpc) is 3.50. The third-order valence-electron chi connectivity index (χ3n) is 5.31. The normalized spacial score (nSPS) is 13.9. The Hall–Kier alpha value is -3.37. The predicted molar refractivity (Wildman–Crippen MR) is 125 cm³/mol. The SMILES string of the molecule is COc1ccccc1-c1noc(CSc2nnc(N3CCOCC3)n2-c2cccc(C)c2)n1. The molecule has 2 aromatic carbocycles. The summed E-state index contributed by atoms with van der Waals surface area (Å²) in [4.78, 5) is 6.76. The Morgan fingerprint density at radius 1 is 1.06 bits per heavy atom. The van der Waals surface area contributed by atoms with E-state index in [4.69, 9.17) is 14.0 Å². The van der Waals surface area contributed by atoms with Gasteiger partial charge in [-0.2, -0.15) is 4.98 Å². The summed E-state index contributed by atoms with van der Waals surface area (Å²) < 4.78 is 18.5. The molecule has 2 aromatic heterocycles. The molecule has 1 saturated heterocycles. The number of anilines is 1. The van der Waals surface area contributed by atoms with Crippen LogP contribution in [0.2, 0.25) is 0 Å². The van der Waals surface area contributed by atoms with Crippen LogP contribution in [0.1, 0.15) is 11.5 Å². The van der Waals surface area contributed by atoms with E-state index in [9.17, 15) is 0 Å². The lowest BCUT2D eigenvalue weighted by Gasteiger charge is -2.28. The molecule has 9 nitrogen and oxygen atoms in total. The van der Waals surface area contributed by atoms with Crippen LogP contribution in [0.5, 0.6) is 5.75 Å². The number of thioether (sulfide) groups is 1. The van der Waals surface area contributed by atoms with Gasteiger partial charge in [0.25, 0.3) is 0 Å². The van der Waals surface area contributed by atoms with Crippen molar-refractivity contribution in [2.45, 2.75) is 17.8 Å². The van der Waals surface area contributed by atoms with E-state index >= 15 is 0 Å². The third-order valence-corrected chi connectivity index (χ3v) is 6.22. The summed E-state index contributed by atoms with van der Waals surface area (Å²) >= 11 is 1.51. The molecule has 0 saturated carbocycles. The standard InChI is InChI=1S/C23H24N6O3S/c1-16-6-5-7-17(14-16)29-22(28-10-12-31-13-11-28)25-26-23(29)33-15-20-24-21(27-32-20)18-8-3-4-9-19(18)30-2/h3-9,14H,10-13,15H2,1-2H3. The highest BCUT2D eigenvalue weighted by Crippen LogP contribution is 2.31. The number of hydrogen-bond acceptors (Lipinski definition) is 9. The van der Waals surface area contributed by atoms with Crippen LogP contribution in [-0.2, 0) is 10.5 Å². The topological polar surface area (TPSA) is 91.3 Å². The first-order valence-electron chi connectivity index (χ1n) is 10.7. The van der Waals surface area contributed by atoms with E-state index in [0.717, 1.165) is 35.4 Å². The Balaban J connectivity index is 1.41. The van der Waals surface area contributed by atoms with Gasteiger partial charge < -0.3 is 18.9 Å². The number of rotatable bonds is 7. The summed E-state index contributed by atoms with van der Waals surface area (Å²) in [6.45, 7) is 4.99. The Bertz CT molecular complexity index is 1230. The predicted octanol–water partition coefficient (Wildman–Crippen LogP) is 3.76. The minimum absolute atomic E-state index is 0.467. The van der Waals surface area contributed by atoms with E-state index in [2.05, 4.69) is 54.9 Å². The maximum Gasteiger partial charge on any atom is 0.237 e. The minimum atomic E-state index is 0.467. The molecule has 4 aromatic rings. The Kier molecular flexibility index (Phi) is 6.27. The first kappa shape index (κ1) is 21.5. The van der Waals surface area contributed by atoms with Crippen molar-refractivity contribution in [3.8, 4) is 22.8 Å². The van der Waals surface area contributed by atoms with Gasteiger partial charge in [-0.1, -0.05) is 41.2 Å². The fourth-order valence-electron chi connectivity index (χ4n) is 3.70. The van der Waals surface area contributed by atoms with Crippen molar-refractivity contribution in [2.75, 3.05) is 38.3 Å². The molecule has 3 heterocycles. The summed E-state index contributed by atoms with van der Waals surface area (Å²) in [5.74, 6) is 2.98. The molecular formula is C23H24N6O3S. The summed E-state index contributed by atoms with van der Waals surface area (Å²) in [5, 5.41) is 13.9. The van der Waals surface area contributed by atoms with Gasteiger partial charge in [-0.05, 0) is 36.8 Å². The van der Waals surface area contributed by atoms with Gasteiger partial charge in [-0.3, -0.25) is 4.57 Å². The number of morpholine rings is 1. The minimum Gasteiger partial charge on any atom is -0.496 e. The monoisotopic (exact) mass is 464 g/mol. The van der Waals surface area contributed by atoms with Crippen molar-refractivity contribution >= 4 is 17.7 Å². The quantitative estimate of drug-likeness (QED) is 0.379. The van der Waals surface area contributed by atoms with Gasteiger partial charge in [0.1, 0.15) is 5.75 Å². The number of para-hydroxylation sites is 1. The second kappa shape index (κ2) is 9.63. The molecule has 0 spiro atoms. The summed E-state index contributed by atoms with van der Waals surface area (Å²) in [7, 11) is 1.62. The molecule has 0 atom stereocenters. The van der Waals surface area contributed by atoms with E-state index < -0.39 is 0 Å². The number of methoxy groups -OCH3 is 1. The zero-order chi connectivity index (χ0) is 22.6. The molecule has 170 valence electrons. The Labute approximate surface area is 195 Å². The highest BCUT2D eigenvalue weighted by Gasteiger charge is 2.22. The first-order chi connectivity index (χ1) is 16.2. The number of hydrogen-bond donors (Lipinski definition) is 0. The highest BCUT2D eigenvalue weighted by atomic mass is 32.2. The van der Waals surface area contributed by atoms with Crippen LogP contribution in [0.4, 0.5) is 5.95 Å². The number of benzene rings is 2. The number of aryl methyl sites for hydroxylation is 1. The van der Waals surface area contributed by atoms with Gasteiger partial charge >= 0.3 is 0 Å². The molecule has 0 aliphatic carbocycles. The maximum absolute atomic E-state index is 5.51. The largest absolute Gasteiger partial charge is 0.496 e. The lowest BCUT2D eigenvalue weighted by molar-refractivity contribution is 0.122. The molecule has 10 heteroatoms. The molecular weight excluding hydrogens is 440 g/mol. The van der Waals surface area contributed by atoms with E-state index in [1.165, 1.54) is 17.3 Å². The van der Waals surface area contributed by atoms with Crippen molar-refractivity contribution in [1.82, 2.24) is 24.9 Å². The van der Waals surface area contributed by atoms with Gasteiger partial charge in [0.2, 0.25) is 17.7 Å². The number of aromatic nitrogens is 5. The van der Waals surface area contributed by atoms with Gasteiger partial charge in [-0.25, -0.2) is 0 Å². The molecule has 0 unspecified atom stereocenters. The number of nitrogens with zero attached hydrogens (tertiary/aromatic N) is 6. The van der Waals surface area contributed by atoms with Crippen LogP contribution >= 0.6 is 11.8 Å². The van der Waals surface area contributed by atoms with Crippen molar-refractivity contribution < 1.29 is 14.0 Å². The fourth-order valence-corrected chi connectivity index (χ4v) is 4.48. The summed E-state index contributed by atoms with van der Waals surface area (Å²) in [5.41, 5.74) is 2.98. The molecule has 1 aliphatic heterocycles. The van der Waals surface area contributed by atoms with Gasteiger partial charge in [0, 0.05) is 13.1 Å². The van der Waals surface area contributed by atoms with E-state index in [-0.39, 0.29) is 0 Å². The molecule has 0 radical (unpaired) electrons. The zero-order valence-electron chi connectivity index (χ0n) is 18.5. The van der Waals surface area contributed by atoms with Crippen LogP contribution in [0.15, 0.2) is 58.2 Å². The molecule has 0 N–H and O–H groups in total. The van der Waals surface area contributed by atoms with Crippen molar-refractivity contribution in [1.29, 1.82) is 0 Å². The molecule has 1 aliphatic rings. The van der Waals surface area contributed by atoms with Crippen molar-refractivity contribution in [2.24, 2.45) is 0 Å². The second-order valence-electron chi connectivity index (χ2n) is 7.56. The highest BCUT2D eigenvalue weighted by molar-refractivity contribution is 7.98. The van der Waals surface area contributed by atoms with Gasteiger partial charge in [0.15, 0.2) is 5.16 Å². The Morgan fingerprint density at radius 3 is 2.73 bits per heavy atom. The van der Waals surface area contributed by atoms with E-state index in [0.29, 0.717) is 36.4 Å². The van der Waals surface area contributed by atoms with Gasteiger partial charge in [-0.15, -0.1) is 10.2 Å². The van der Waals surface area contributed by atoms with Gasteiger partial charge in [0.05, 0.1) is 37.3 Å². The third kappa shape index (κ3) is 4.57. The molecule has 5 rings (SSSR count). The van der Waals surface area contributed by atoms with Crippen LogP contribution in [0.3, 0.4) is 0 Å². The summed E-state index contributed by atoms with van der Waals surface area (Å²) in [6, 6.07) is 15.9. The molecule has 1 fully saturated rings. The number of ether oxygens (including phenoxy) is 2.